The smallest absolute Gasteiger partial charge is 0.261 e. The molecule has 3 aromatic rings. The molecule has 0 aliphatic heterocycles. The van der Waals surface area contributed by atoms with Crippen LogP contribution in [0, 0.1) is 12.7 Å². The summed E-state index contributed by atoms with van der Waals surface area (Å²) in [5, 5.41) is 0. The number of hydrogen-bond acceptors (Lipinski definition) is 5. The number of carbonyl (C=O) groups excluding carboxylic acids is 1. The van der Waals surface area contributed by atoms with Gasteiger partial charge in [-0.25, -0.2) is 12.8 Å². The van der Waals surface area contributed by atoms with Gasteiger partial charge in [-0.2, -0.15) is 0 Å². The fraction of sp³-hybridized carbons (Fsp3) is 0.208. The number of sulfonamides is 1. The van der Waals surface area contributed by atoms with Crippen molar-refractivity contribution in [3.05, 3.63) is 83.7 Å². The fourth-order valence-corrected chi connectivity index (χ4v) is 4.12. The molecule has 0 saturated carbocycles. The van der Waals surface area contributed by atoms with E-state index in [4.69, 9.17) is 9.47 Å². The zero-order chi connectivity index (χ0) is 24.0. The summed E-state index contributed by atoms with van der Waals surface area (Å²) >= 11 is 0. The maximum atomic E-state index is 13.4. The van der Waals surface area contributed by atoms with E-state index < -0.39 is 15.8 Å². The normalized spacial score (nSPS) is 11.0. The predicted octanol–water partition coefficient (Wildman–Crippen LogP) is 4.09. The Kier molecular flexibility index (Phi) is 7.55. The summed E-state index contributed by atoms with van der Waals surface area (Å²) in [4.78, 5) is 14.1. The highest BCUT2D eigenvalue weighted by Gasteiger charge is 2.17. The molecule has 0 unspecified atom stereocenters. The van der Waals surface area contributed by atoms with Crippen molar-refractivity contribution in [3.8, 4) is 11.5 Å². The summed E-state index contributed by atoms with van der Waals surface area (Å²) in [5.74, 6) is 0.699. The molecule has 0 spiro atoms. The highest BCUT2D eigenvalue weighted by atomic mass is 32.2. The molecule has 1 amide bonds. The summed E-state index contributed by atoms with van der Waals surface area (Å²) in [6.07, 6.45) is 0. The Labute approximate surface area is 192 Å². The van der Waals surface area contributed by atoms with Crippen LogP contribution in [-0.2, 0) is 10.0 Å². The number of likely N-dealkylation sites (N-methyl/N-ethyl adjacent to an activating group) is 1. The quantitative estimate of drug-likeness (QED) is 0.507. The third kappa shape index (κ3) is 6.23. The average molecular weight is 473 g/mol. The largest absolute Gasteiger partial charge is 0.497 e. The van der Waals surface area contributed by atoms with E-state index in [1.807, 2.05) is 0 Å². The van der Waals surface area contributed by atoms with Crippen molar-refractivity contribution in [3.63, 3.8) is 0 Å². The molecule has 1 N–H and O–H groups in total. The van der Waals surface area contributed by atoms with Gasteiger partial charge in [-0.1, -0.05) is 0 Å². The van der Waals surface area contributed by atoms with Crippen molar-refractivity contribution >= 4 is 21.6 Å². The molecule has 3 rings (SSSR count). The topological polar surface area (TPSA) is 84.9 Å². The minimum absolute atomic E-state index is 0.0434. The van der Waals surface area contributed by atoms with E-state index in [2.05, 4.69) is 4.72 Å². The van der Waals surface area contributed by atoms with Crippen LogP contribution in [0.1, 0.15) is 15.9 Å². The fourth-order valence-electron chi connectivity index (χ4n) is 2.97. The van der Waals surface area contributed by atoms with Gasteiger partial charge in [-0.05, 0) is 79.2 Å². The van der Waals surface area contributed by atoms with Crippen LogP contribution in [0.5, 0.6) is 11.5 Å². The van der Waals surface area contributed by atoms with Crippen LogP contribution >= 0.6 is 0 Å². The molecular formula is C24H25FN2O5S. The number of hydrogen-bond donors (Lipinski definition) is 1. The monoisotopic (exact) mass is 472 g/mol. The molecule has 0 aromatic heterocycles. The summed E-state index contributed by atoms with van der Waals surface area (Å²) in [7, 11) is -0.634. The van der Waals surface area contributed by atoms with E-state index in [0.717, 1.165) is 11.8 Å². The first-order valence-corrected chi connectivity index (χ1v) is 11.6. The number of benzene rings is 3. The molecule has 33 heavy (non-hydrogen) atoms. The second-order valence-corrected chi connectivity index (χ2v) is 9.03. The van der Waals surface area contributed by atoms with Crippen LogP contribution in [0.25, 0.3) is 0 Å². The summed E-state index contributed by atoms with van der Waals surface area (Å²) < 4.78 is 51.7. The van der Waals surface area contributed by atoms with E-state index in [1.54, 1.807) is 38.4 Å². The number of anilines is 1. The van der Waals surface area contributed by atoms with Crippen LogP contribution < -0.4 is 14.2 Å². The number of aryl methyl sites for hydroxylation is 1. The van der Waals surface area contributed by atoms with Crippen LogP contribution in [0.15, 0.2) is 71.6 Å². The molecule has 7 nitrogen and oxygen atoms in total. The van der Waals surface area contributed by atoms with Crippen molar-refractivity contribution in [1.29, 1.82) is 0 Å². The lowest BCUT2D eigenvalue weighted by Gasteiger charge is -2.18. The predicted molar refractivity (Wildman–Crippen MR) is 124 cm³/mol. The van der Waals surface area contributed by atoms with Crippen molar-refractivity contribution in [2.45, 2.75) is 11.8 Å². The highest BCUT2D eigenvalue weighted by molar-refractivity contribution is 7.92. The Bertz CT molecular complexity index is 1210. The first-order valence-electron chi connectivity index (χ1n) is 10.1. The van der Waals surface area contributed by atoms with Crippen molar-refractivity contribution in [2.75, 3.05) is 32.0 Å². The number of nitrogens with one attached hydrogen (secondary N) is 1. The zero-order valence-electron chi connectivity index (χ0n) is 18.5. The standard InChI is InChI=1S/C24H25FN2O5S/c1-17-16-22(12-13-23(17)25)33(29,30)26-19-6-4-18(5-7-19)24(28)27(2)14-15-32-21-10-8-20(31-3)9-11-21/h4-13,16,26H,14-15H2,1-3H3. The first kappa shape index (κ1) is 24.1. The Morgan fingerprint density at radius 1 is 1.00 bits per heavy atom. The molecule has 0 saturated heterocycles. The Morgan fingerprint density at radius 3 is 2.24 bits per heavy atom. The number of methoxy groups -OCH3 is 1. The third-order valence-corrected chi connectivity index (χ3v) is 6.30. The molecule has 0 fully saturated rings. The minimum Gasteiger partial charge on any atom is -0.497 e. The summed E-state index contributed by atoms with van der Waals surface area (Å²) in [6, 6.07) is 16.8. The zero-order valence-corrected chi connectivity index (χ0v) is 19.4. The Hall–Kier alpha value is -3.59. The lowest BCUT2D eigenvalue weighted by molar-refractivity contribution is 0.0774. The number of carbonyl (C=O) groups is 1. The molecule has 174 valence electrons. The van der Waals surface area contributed by atoms with Gasteiger partial charge in [0.15, 0.2) is 0 Å². The molecule has 0 bridgehead atoms. The van der Waals surface area contributed by atoms with Gasteiger partial charge in [0.25, 0.3) is 15.9 Å². The Balaban J connectivity index is 1.56. The molecule has 0 atom stereocenters. The summed E-state index contributed by atoms with van der Waals surface area (Å²) in [5.41, 5.74) is 0.930. The third-order valence-electron chi connectivity index (χ3n) is 4.93. The van der Waals surface area contributed by atoms with Gasteiger partial charge in [0.1, 0.15) is 23.9 Å². The van der Waals surface area contributed by atoms with E-state index >= 15 is 0 Å². The minimum atomic E-state index is -3.88. The van der Waals surface area contributed by atoms with E-state index in [1.165, 1.54) is 48.2 Å². The van der Waals surface area contributed by atoms with Gasteiger partial charge in [0.05, 0.1) is 18.6 Å². The van der Waals surface area contributed by atoms with E-state index in [9.17, 15) is 17.6 Å². The van der Waals surface area contributed by atoms with E-state index in [-0.39, 0.29) is 16.4 Å². The van der Waals surface area contributed by atoms with Crippen molar-refractivity contribution < 1.29 is 27.1 Å². The molecule has 3 aromatic carbocycles. The van der Waals surface area contributed by atoms with Crippen molar-refractivity contribution in [1.82, 2.24) is 4.90 Å². The van der Waals surface area contributed by atoms with Gasteiger partial charge >= 0.3 is 0 Å². The van der Waals surface area contributed by atoms with Crippen LogP contribution in [-0.4, -0.2) is 46.5 Å². The molecule has 0 heterocycles. The van der Waals surface area contributed by atoms with E-state index in [0.29, 0.717) is 30.2 Å². The number of ether oxygens (including phenoxy) is 2. The second-order valence-electron chi connectivity index (χ2n) is 7.34. The molecule has 0 radical (unpaired) electrons. The van der Waals surface area contributed by atoms with Crippen LogP contribution in [0.2, 0.25) is 0 Å². The number of nitrogens with zero attached hydrogens (tertiary/aromatic N) is 1. The number of halogens is 1. The van der Waals surface area contributed by atoms with Gasteiger partial charge in [-0.15, -0.1) is 0 Å². The maximum Gasteiger partial charge on any atom is 0.261 e. The first-order chi connectivity index (χ1) is 15.7. The molecule has 9 heteroatoms. The molecule has 0 aliphatic carbocycles. The lowest BCUT2D eigenvalue weighted by atomic mass is 10.2. The van der Waals surface area contributed by atoms with Gasteiger partial charge < -0.3 is 14.4 Å². The lowest BCUT2D eigenvalue weighted by Crippen LogP contribution is -2.30. The summed E-state index contributed by atoms with van der Waals surface area (Å²) in [6.45, 7) is 2.17. The van der Waals surface area contributed by atoms with Gasteiger partial charge in [0, 0.05) is 18.3 Å². The van der Waals surface area contributed by atoms with Crippen LogP contribution in [0.3, 0.4) is 0 Å². The Morgan fingerprint density at radius 2 is 1.64 bits per heavy atom. The van der Waals surface area contributed by atoms with Crippen LogP contribution in [0.4, 0.5) is 10.1 Å². The van der Waals surface area contributed by atoms with Crippen molar-refractivity contribution in [2.24, 2.45) is 0 Å². The van der Waals surface area contributed by atoms with Gasteiger partial charge in [-0.3, -0.25) is 9.52 Å². The highest BCUT2D eigenvalue weighted by Crippen LogP contribution is 2.20. The number of amides is 1. The maximum absolute atomic E-state index is 13.4. The molecular weight excluding hydrogens is 447 g/mol. The number of rotatable bonds is 9. The van der Waals surface area contributed by atoms with Gasteiger partial charge in [0.2, 0.25) is 0 Å². The SMILES string of the molecule is COc1ccc(OCCN(C)C(=O)c2ccc(NS(=O)(=O)c3ccc(F)c(C)c3)cc2)cc1. The second kappa shape index (κ2) is 10.4. The average Bonchev–Trinajstić information content (AvgIpc) is 2.81. The molecule has 0 aliphatic rings.